The molecule has 0 fully saturated rings. The van der Waals surface area contributed by atoms with E-state index >= 15 is 0 Å². The molecule has 0 saturated heterocycles. The highest BCUT2D eigenvalue weighted by Crippen LogP contribution is 2.09. The molecule has 1 amide bonds. The molecule has 4 heteroatoms. The number of amides is 1. The topological polar surface area (TPSA) is 58.6 Å². The number of rotatable bonds is 4. The van der Waals surface area contributed by atoms with Crippen molar-refractivity contribution in [1.29, 1.82) is 0 Å². The second kappa shape index (κ2) is 6.53. The zero-order valence-electron chi connectivity index (χ0n) is 10.8. The Kier molecular flexibility index (Phi) is 6.11. The summed E-state index contributed by atoms with van der Waals surface area (Å²) in [4.78, 5) is 11.5. The summed E-state index contributed by atoms with van der Waals surface area (Å²) >= 11 is 0. The standard InChI is InChI=1S/C12H23NO3/c1-9(2)10(7-6-8-14)13-11(15)16-12(3,4)5/h6-7,9-10,14H,8H2,1-5H3,(H,13,15)/b7-6+. The minimum atomic E-state index is -0.494. The van der Waals surface area contributed by atoms with Crippen LogP contribution in [0, 0.1) is 5.92 Å². The lowest BCUT2D eigenvalue weighted by Crippen LogP contribution is -2.40. The van der Waals surface area contributed by atoms with Gasteiger partial charge in [-0.15, -0.1) is 0 Å². The first-order valence-corrected chi connectivity index (χ1v) is 5.53. The number of hydrogen-bond donors (Lipinski definition) is 2. The van der Waals surface area contributed by atoms with Crippen molar-refractivity contribution in [1.82, 2.24) is 5.32 Å². The molecule has 0 aliphatic heterocycles. The van der Waals surface area contributed by atoms with Crippen LogP contribution in [-0.4, -0.2) is 29.4 Å². The van der Waals surface area contributed by atoms with Crippen molar-refractivity contribution in [3.8, 4) is 0 Å². The van der Waals surface area contributed by atoms with Crippen molar-refractivity contribution in [2.24, 2.45) is 5.92 Å². The average Bonchev–Trinajstić information content (AvgIpc) is 2.08. The van der Waals surface area contributed by atoms with Gasteiger partial charge in [-0.2, -0.15) is 0 Å². The Morgan fingerprint density at radius 1 is 1.44 bits per heavy atom. The van der Waals surface area contributed by atoms with Crippen LogP contribution in [0.3, 0.4) is 0 Å². The van der Waals surface area contributed by atoms with Crippen LogP contribution in [0.5, 0.6) is 0 Å². The van der Waals surface area contributed by atoms with Crippen molar-refractivity contribution >= 4 is 6.09 Å². The third-order valence-electron chi connectivity index (χ3n) is 1.85. The highest BCUT2D eigenvalue weighted by atomic mass is 16.6. The van der Waals surface area contributed by atoms with E-state index in [1.54, 1.807) is 12.2 Å². The summed E-state index contributed by atoms with van der Waals surface area (Å²) in [5.74, 6) is 0.246. The van der Waals surface area contributed by atoms with Gasteiger partial charge in [0.25, 0.3) is 0 Å². The Labute approximate surface area is 97.7 Å². The molecule has 0 aromatic carbocycles. The van der Waals surface area contributed by atoms with Crippen LogP contribution in [0.2, 0.25) is 0 Å². The van der Waals surface area contributed by atoms with Crippen molar-refractivity contribution in [3.63, 3.8) is 0 Å². The van der Waals surface area contributed by atoms with E-state index in [9.17, 15) is 4.79 Å². The van der Waals surface area contributed by atoms with E-state index in [1.807, 2.05) is 34.6 Å². The van der Waals surface area contributed by atoms with E-state index in [1.165, 1.54) is 0 Å². The maximum absolute atomic E-state index is 11.5. The Morgan fingerprint density at radius 2 is 2.00 bits per heavy atom. The molecular weight excluding hydrogens is 206 g/mol. The second-order valence-corrected chi connectivity index (χ2v) is 5.03. The molecule has 1 atom stereocenters. The third kappa shape index (κ3) is 7.29. The summed E-state index contributed by atoms with van der Waals surface area (Å²) in [5, 5.41) is 11.4. The number of carbonyl (C=O) groups is 1. The molecule has 1 unspecified atom stereocenters. The first kappa shape index (κ1) is 15.0. The Morgan fingerprint density at radius 3 is 2.38 bits per heavy atom. The van der Waals surface area contributed by atoms with Crippen molar-refractivity contribution in [2.75, 3.05) is 6.61 Å². The molecule has 0 aliphatic carbocycles. The van der Waals surface area contributed by atoms with E-state index in [0.717, 1.165) is 0 Å². The van der Waals surface area contributed by atoms with Gasteiger partial charge in [-0.05, 0) is 26.7 Å². The van der Waals surface area contributed by atoms with Crippen LogP contribution < -0.4 is 5.32 Å². The predicted molar refractivity (Wildman–Crippen MR) is 64.2 cm³/mol. The Hall–Kier alpha value is -1.03. The highest BCUT2D eigenvalue weighted by molar-refractivity contribution is 5.68. The van der Waals surface area contributed by atoms with Crippen LogP contribution in [0.1, 0.15) is 34.6 Å². The van der Waals surface area contributed by atoms with Crippen molar-refractivity contribution in [3.05, 3.63) is 12.2 Å². The van der Waals surface area contributed by atoms with Gasteiger partial charge in [0.05, 0.1) is 12.6 Å². The second-order valence-electron chi connectivity index (χ2n) is 5.03. The number of aliphatic hydroxyl groups excluding tert-OH is 1. The minimum absolute atomic E-state index is 0.0286. The molecule has 2 N–H and O–H groups in total. The predicted octanol–water partition coefficient (Wildman–Crippen LogP) is 2.08. The summed E-state index contributed by atoms with van der Waals surface area (Å²) in [6.07, 6.45) is 2.95. The summed E-state index contributed by atoms with van der Waals surface area (Å²) in [6, 6.07) is -0.123. The maximum Gasteiger partial charge on any atom is 0.408 e. The van der Waals surface area contributed by atoms with Gasteiger partial charge in [0.1, 0.15) is 5.60 Å². The average molecular weight is 229 g/mol. The zero-order chi connectivity index (χ0) is 12.8. The SMILES string of the molecule is CC(C)C(/C=C/CO)NC(=O)OC(C)(C)C. The number of nitrogens with one attached hydrogen (secondary N) is 1. The first-order chi connectivity index (χ1) is 7.26. The molecule has 0 aliphatic rings. The maximum atomic E-state index is 11.5. The van der Waals surface area contributed by atoms with E-state index < -0.39 is 11.7 Å². The first-order valence-electron chi connectivity index (χ1n) is 5.53. The molecule has 0 rings (SSSR count). The van der Waals surface area contributed by atoms with Crippen LogP contribution in [-0.2, 0) is 4.74 Å². The smallest absolute Gasteiger partial charge is 0.408 e. The summed E-state index contributed by atoms with van der Waals surface area (Å²) < 4.78 is 5.15. The lowest BCUT2D eigenvalue weighted by atomic mass is 10.0. The molecule has 0 aromatic rings. The number of carbonyl (C=O) groups excluding carboxylic acids is 1. The molecule has 0 radical (unpaired) electrons. The normalized spacial score (nSPS) is 14.2. The quantitative estimate of drug-likeness (QED) is 0.726. The van der Waals surface area contributed by atoms with E-state index in [4.69, 9.17) is 9.84 Å². The van der Waals surface area contributed by atoms with Gasteiger partial charge in [0, 0.05) is 0 Å². The van der Waals surface area contributed by atoms with Gasteiger partial charge in [-0.3, -0.25) is 0 Å². The van der Waals surface area contributed by atoms with Crippen LogP contribution in [0.25, 0.3) is 0 Å². The summed E-state index contributed by atoms with van der Waals surface area (Å²) in [6.45, 7) is 9.41. The van der Waals surface area contributed by atoms with Gasteiger partial charge in [-0.25, -0.2) is 4.79 Å². The molecule has 16 heavy (non-hydrogen) atoms. The van der Waals surface area contributed by atoms with Gasteiger partial charge in [0.15, 0.2) is 0 Å². The molecule has 0 spiro atoms. The van der Waals surface area contributed by atoms with E-state index in [2.05, 4.69) is 5.32 Å². The van der Waals surface area contributed by atoms with Gasteiger partial charge < -0.3 is 15.2 Å². The molecular formula is C12H23NO3. The van der Waals surface area contributed by atoms with Crippen molar-refractivity contribution in [2.45, 2.75) is 46.3 Å². The number of alkyl carbamates (subject to hydrolysis) is 1. The molecule has 94 valence electrons. The number of hydrogen-bond acceptors (Lipinski definition) is 3. The fourth-order valence-electron chi connectivity index (χ4n) is 1.09. The van der Waals surface area contributed by atoms with Gasteiger partial charge in [-0.1, -0.05) is 26.0 Å². The minimum Gasteiger partial charge on any atom is -0.444 e. The fraction of sp³-hybridized carbons (Fsp3) is 0.750. The Balaban J connectivity index is 4.30. The molecule has 0 heterocycles. The summed E-state index contributed by atoms with van der Waals surface area (Å²) in [7, 11) is 0. The lowest BCUT2D eigenvalue weighted by Gasteiger charge is -2.24. The monoisotopic (exact) mass is 229 g/mol. The molecule has 0 bridgehead atoms. The Bertz CT molecular complexity index is 241. The summed E-state index contributed by atoms with van der Waals surface area (Å²) in [5.41, 5.74) is -0.494. The molecule has 0 aromatic heterocycles. The van der Waals surface area contributed by atoms with Crippen LogP contribution >= 0.6 is 0 Å². The number of ether oxygens (including phenoxy) is 1. The van der Waals surface area contributed by atoms with Gasteiger partial charge >= 0.3 is 6.09 Å². The molecule has 4 nitrogen and oxygen atoms in total. The zero-order valence-corrected chi connectivity index (χ0v) is 10.8. The fourth-order valence-corrected chi connectivity index (χ4v) is 1.09. The van der Waals surface area contributed by atoms with E-state index in [-0.39, 0.29) is 18.6 Å². The van der Waals surface area contributed by atoms with Gasteiger partial charge in [0.2, 0.25) is 0 Å². The largest absolute Gasteiger partial charge is 0.444 e. The van der Waals surface area contributed by atoms with E-state index in [0.29, 0.717) is 0 Å². The van der Waals surface area contributed by atoms with Crippen molar-refractivity contribution < 1.29 is 14.6 Å². The molecule has 0 saturated carbocycles. The lowest BCUT2D eigenvalue weighted by molar-refractivity contribution is 0.0504. The highest BCUT2D eigenvalue weighted by Gasteiger charge is 2.19. The van der Waals surface area contributed by atoms with Crippen LogP contribution in [0.4, 0.5) is 4.79 Å². The third-order valence-corrected chi connectivity index (χ3v) is 1.85. The number of aliphatic hydroxyl groups is 1. The van der Waals surface area contributed by atoms with Crippen LogP contribution in [0.15, 0.2) is 12.2 Å².